The van der Waals surface area contributed by atoms with Gasteiger partial charge in [-0.1, -0.05) is 18.3 Å². The van der Waals surface area contributed by atoms with Crippen LogP contribution in [0.2, 0.25) is 0 Å². The van der Waals surface area contributed by atoms with Crippen molar-refractivity contribution in [3.63, 3.8) is 0 Å². The molecule has 0 aliphatic heterocycles. The molecule has 100 valence electrons. The zero-order valence-electron chi connectivity index (χ0n) is 11.3. The average Bonchev–Trinajstić information content (AvgIpc) is 2.73. The second-order valence-electron chi connectivity index (χ2n) is 4.62. The van der Waals surface area contributed by atoms with E-state index in [2.05, 4.69) is 46.6 Å². The normalized spacial score (nSPS) is 10.9. The molecule has 1 N–H and O–H groups in total. The van der Waals surface area contributed by atoms with Crippen LogP contribution in [-0.4, -0.2) is 34.1 Å². The fraction of sp³-hybridized carbons (Fsp3) is 0.750. The van der Waals surface area contributed by atoms with E-state index in [1.807, 2.05) is 0 Å². The second kappa shape index (κ2) is 8.01. The summed E-state index contributed by atoms with van der Waals surface area (Å²) in [5.41, 5.74) is 0.987. The molecule has 0 aliphatic carbocycles. The van der Waals surface area contributed by atoms with Crippen LogP contribution in [0.25, 0.3) is 0 Å². The predicted octanol–water partition coefficient (Wildman–Crippen LogP) is 2.34. The van der Waals surface area contributed by atoms with Crippen LogP contribution in [0.3, 0.4) is 0 Å². The van der Waals surface area contributed by atoms with Gasteiger partial charge in [-0.3, -0.25) is 4.90 Å². The van der Waals surface area contributed by atoms with Crippen molar-refractivity contribution >= 4 is 16.5 Å². The second-order valence-corrected chi connectivity index (χ2v) is 5.37. The molecule has 0 aromatic carbocycles. The molecule has 0 bridgehead atoms. The maximum Gasteiger partial charge on any atom is 0.134 e. The van der Waals surface area contributed by atoms with Crippen molar-refractivity contribution in [2.24, 2.45) is 5.92 Å². The molecule has 0 unspecified atom stereocenters. The van der Waals surface area contributed by atoms with Crippen molar-refractivity contribution in [3.05, 3.63) is 5.69 Å². The van der Waals surface area contributed by atoms with Crippen LogP contribution < -0.4 is 5.32 Å². The molecule has 1 aromatic heterocycles. The summed E-state index contributed by atoms with van der Waals surface area (Å²) in [6.45, 7) is 9.83. The van der Waals surface area contributed by atoms with E-state index in [1.54, 1.807) is 0 Å². The number of nitriles is 1. The van der Waals surface area contributed by atoms with Crippen molar-refractivity contribution < 1.29 is 0 Å². The molecule has 1 aromatic rings. The Morgan fingerprint density at radius 3 is 2.89 bits per heavy atom. The van der Waals surface area contributed by atoms with Gasteiger partial charge in [0.2, 0.25) is 0 Å². The predicted molar refractivity (Wildman–Crippen MR) is 74.4 cm³/mol. The van der Waals surface area contributed by atoms with E-state index in [0.717, 1.165) is 36.9 Å². The molecule has 1 heterocycles. The first-order valence-electron chi connectivity index (χ1n) is 6.31. The summed E-state index contributed by atoms with van der Waals surface area (Å²) in [6, 6.07) is 2.20. The van der Waals surface area contributed by atoms with Crippen LogP contribution in [0.1, 0.15) is 32.9 Å². The molecule has 0 atom stereocenters. The summed E-state index contributed by atoms with van der Waals surface area (Å²) in [7, 11) is 0. The number of nitrogens with one attached hydrogen (secondary N) is 1. The summed E-state index contributed by atoms with van der Waals surface area (Å²) in [5.74, 6) is 0.581. The highest BCUT2D eigenvalue weighted by molar-refractivity contribution is 7.10. The van der Waals surface area contributed by atoms with E-state index in [-0.39, 0.29) is 0 Å². The van der Waals surface area contributed by atoms with Gasteiger partial charge in [-0.25, -0.2) is 0 Å². The largest absolute Gasteiger partial charge is 0.374 e. The number of hydrogen-bond donors (Lipinski definition) is 1. The van der Waals surface area contributed by atoms with Gasteiger partial charge in [-0.2, -0.15) is 5.26 Å². The summed E-state index contributed by atoms with van der Waals surface area (Å²) in [4.78, 5) is 2.27. The minimum atomic E-state index is 0.556. The van der Waals surface area contributed by atoms with Crippen LogP contribution in [0, 0.1) is 17.2 Å². The lowest BCUT2D eigenvalue weighted by atomic mass is 10.2. The zero-order chi connectivity index (χ0) is 13.4. The van der Waals surface area contributed by atoms with Gasteiger partial charge in [-0.05, 0) is 12.8 Å². The molecule has 0 radical (unpaired) electrons. The summed E-state index contributed by atoms with van der Waals surface area (Å²) < 4.78 is 3.99. The van der Waals surface area contributed by atoms with Gasteiger partial charge in [0, 0.05) is 44.1 Å². The Hall–Kier alpha value is -1.19. The number of hydrogen-bond acceptors (Lipinski definition) is 6. The third-order valence-electron chi connectivity index (χ3n) is 2.43. The lowest BCUT2D eigenvalue weighted by molar-refractivity contribution is 0.239. The molecule has 5 nitrogen and oxygen atoms in total. The van der Waals surface area contributed by atoms with Crippen molar-refractivity contribution in [1.29, 1.82) is 5.26 Å². The van der Waals surface area contributed by atoms with Crippen LogP contribution in [0.15, 0.2) is 0 Å². The Kier molecular flexibility index (Phi) is 6.61. The lowest BCUT2D eigenvalue weighted by Crippen LogP contribution is -2.28. The average molecular weight is 267 g/mol. The standard InChI is InChI=1S/C12H21N5S/c1-4-14-12-11(15-16-18-12)9-17(7-5-6-13)8-10(2)3/h10,14H,4-5,7-9H2,1-3H3. The van der Waals surface area contributed by atoms with Gasteiger partial charge < -0.3 is 5.32 Å². The number of rotatable bonds is 8. The van der Waals surface area contributed by atoms with E-state index in [4.69, 9.17) is 5.26 Å². The monoisotopic (exact) mass is 267 g/mol. The zero-order valence-corrected chi connectivity index (χ0v) is 12.1. The first-order chi connectivity index (χ1) is 8.67. The molecule has 0 amide bonds. The lowest BCUT2D eigenvalue weighted by Gasteiger charge is -2.22. The highest BCUT2D eigenvalue weighted by Gasteiger charge is 2.13. The Balaban J connectivity index is 2.63. The Bertz CT molecular complexity index is 382. The molecule has 0 spiro atoms. The van der Waals surface area contributed by atoms with Gasteiger partial charge in [-0.15, -0.1) is 5.10 Å². The minimum Gasteiger partial charge on any atom is -0.374 e. The molecular weight excluding hydrogens is 246 g/mol. The van der Waals surface area contributed by atoms with Crippen LogP contribution >= 0.6 is 11.5 Å². The van der Waals surface area contributed by atoms with Gasteiger partial charge in [0.05, 0.1) is 6.07 Å². The summed E-state index contributed by atoms with van der Waals surface area (Å²) in [5, 5.41) is 17.2. The Labute approximate surface area is 113 Å². The summed E-state index contributed by atoms with van der Waals surface area (Å²) >= 11 is 1.39. The molecule has 0 fully saturated rings. The quantitative estimate of drug-likeness (QED) is 0.783. The molecule has 0 saturated heterocycles. The third kappa shape index (κ3) is 4.98. The molecule has 0 aliphatic rings. The van der Waals surface area contributed by atoms with Gasteiger partial charge in [0.1, 0.15) is 10.7 Å². The third-order valence-corrected chi connectivity index (χ3v) is 3.16. The van der Waals surface area contributed by atoms with Gasteiger partial charge >= 0.3 is 0 Å². The highest BCUT2D eigenvalue weighted by atomic mass is 32.1. The van der Waals surface area contributed by atoms with Crippen molar-refractivity contribution in [2.45, 2.75) is 33.7 Å². The van der Waals surface area contributed by atoms with Crippen LogP contribution in [0.4, 0.5) is 5.00 Å². The van der Waals surface area contributed by atoms with Crippen molar-refractivity contribution in [1.82, 2.24) is 14.5 Å². The van der Waals surface area contributed by atoms with Crippen molar-refractivity contribution in [2.75, 3.05) is 25.0 Å². The van der Waals surface area contributed by atoms with E-state index >= 15 is 0 Å². The maximum atomic E-state index is 8.70. The molecule has 0 saturated carbocycles. The molecule has 18 heavy (non-hydrogen) atoms. The van der Waals surface area contributed by atoms with Crippen LogP contribution in [-0.2, 0) is 6.54 Å². The van der Waals surface area contributed by atoms with E-state index in [9.17, 15) is 0 Å². The first-order valence-corrected chi connectivity index (χ1v) is 7.09. The molecule has 1 rings (SSSR count). The number of nitrogens with zero attached hydrogens (tertiary/aromatic N) is 4. The molecule has 6 heteroatoms. The van der Waals surface area contributed by atoms with Crippen LogP contribution in [0.5, 0.6) is 0 Å². The van der Waals surface area contributed by atoms with Gasteiger partial charge in [0.25, 0.3) is 0 Å². The summed E-state index contributed by atoms with van der Waals surface area (Å²) in [6.07, 6.45) is 0.556. The fourth-order valence-corrected chi connectivity index (χ4v) is 2.42. The topological polar surface area (TPSA) is 64.8 Å². The maximum absolute atomic E-state index is 8.70. The highest BCUT2D eigenvalue weighted by Crippen LogP contribution is 2.19. The van der Waals surface area contributed by atoms with E-state index < -0.39 is 0 Å². The van der Waals surface area contributed by atoms with Gasteiger partial charge in [0.15, 0.2) is 0 Å². The van der Waals surface area contributed by atoms with Crippen molar-refractivity contribution in [3.8, 4) is 6.07 Å². The smallest absolute Gasteiger partial charge is 0.134 e. The fourth-order valence-electron chi connectivity index (χ4n) is 1.78. The van der Waals surface area contributed by atoms with E-state index in [0.29, 0.717) is 12.3 Å². The first kappa shape index (κ1) is 14.9. The SMILES string of the molecule is CCNc1snnc1CN(CCC#N)CC(C)C. The number of aromatic nitrogens is 2. The Morgan fingerprint density at radius 1 is 1.50 bits per heavy atom. The van der Waals surface area contributed by atoms with E-state index in [1.165, 1.54) is 11.5 Å². The number of anilines is 1. The minimum absolute atomic E-state index is 0.556. The molecular formula is C12H21N5S. The Morgan fingerprint density at radius 2 is 2.28 bits per heavy atom.